The quantitative estimate of drug-likeness (QED) is 0.232. The molecule has 0 aliphatic rings. The maximum Gasteiger partial charge on any atom is 0.292 e. The molecule has 0 bridgehead atoms. The minimum absolute atomic E-state index is 0.148. The molecule has 33 heavy (non-hydrogen) atoms. The van der Waals surface area contributed by atoms with Crippen LogP contribution in [0.25, 0.3) is 32.3 Å². The Kier molecular flexibility index (Phi) is 5.36. The average Bonchev–Trinajstić information content (AvgIpc) is 2.86. The van der Waals surface area contributed by atoms with Gasteiger partial charge in [-0.05, 0) is 23.8 Å². The van der Waals surface area contributed by atoms with Gasteiger partial charge >= 0.3 is 0 Å². The Labute approximate surface area is 194 Å². The number of hydrogen-bond acceptors (Lipinski definition) is 4. The Bertz CT molecular complexity index is 1580. The van der Waals surface area contributed by atoms with E-state index in [2.05, 4.69) is 15.6 Å². The van der Waals surface area contributed by atoms with Crippen molar-refractivity contribution in [3.63, 3.8) is 0 Å². The number of hydrogen-bond donors (Lipinski definition) is 1. The van der Waals surface area contributed by atoms with E-state index in [4.69, 9.17) is 11.6 Å². The van der Waals surface area contributed by atoms with E-state index in [-0.39, 0.29) is 11.3 Å². The van der Waals surface area contributed by atoms with Crippen LogP contribution in [0.15, 0.2) is 82.7 Å². The predicted octanol–water partition coefficient (Wildman–Crippen LogP) is 5.14. The van der Waals surface area contributed by atoms with E-state index in [1.54, 1.807) is 37.4 Å². The third-order valence-electron chi connectivity index (χ3n) is 5.65. The van der Waals surface area contributed by atoms with E-state index in [1.165, 1.54) is 4.68 Å². The molecule has 0 aliphatic carbocycles. The second kappa shape index (κ2) is 8.48. The lowest BCUT2D eigenvalue weighted by molar-refractivity contribution is 0.0949. The second-order valence-corrected chi connectivity index (χ2v) is 7.91. The van der Waals surface area contributed by atoms with Crippen molar-refractivity contribution in [3.8, 4) is 0 Å². The number of fused-ring (bicyclic) bond motifs is 3. The van der Waals surface area contributed by atoms with Crippen LogP contribution in [0.3, 0.4) is 0 Å². The first kappa shape index (κ1) is 20.8. The first-order chi connectivity index (χ1) is 16.1. The lowest BCUT2D eigenvalue weighted by atomic mass is 9.97. The normalized spacial score (nSPS) is 11.6. The van der Waals surface area contributed by atoms with Gasteiger partial charge in [-0.15, -0.1) is 0 Å². The molecule has 0 radical (unpaired) electrons. The highest BCUT2D eigenvalue weighted by Gasteiger charge is 2.16. The predicted molar refractivity (Wildman–Crippen MR) is 133 cm³/mol. The molecule has 1 heterocycles. The van der Waals surface area contributed by atoms with Gasteiger partial charge in [-0.3, -0.25) is 9.59 Å². The molecule has 1 amide bonds. The number of aryl methyl sites for hydroxylation is 1. The van der Waals surface area contributed by atoms with Crippen LogP contribution in [0.5, 0.6) is 0 Å². The average molecular weight is 455 g/mol. The number of hydrazone groups is 1. The molecule has 4 aromatic carbocycles. The number of rotatable bonds is 4. The molecule has 1 aromatic heterocycles. The molecule has 0 saturated carbocycles. The van der Waals surface area contributed by atoms with Crippen LogP contribution in [0, 0.1) is 0 Å². The van der Waals surface area contributed by atoms with Crippen LogP contribution >= 0.6 is 11.6 Å². The fourth-order valence-electron chi connectivity index (χ4n) is 4.07. The summed E-state index contributed by atoms with van der Waals surface area (Å²) in [6.07, 6.45) is 1.62. The van der Waals surface area contributed by atoms with Gasteiger partial charge in [-0.25, -0.2) is 10.1 Å². The summed E-state index contributed by atoms with van der Waals surface area (Å²) in [6, 6.07) is 22.6. The molecule has 5 rings (SSSR count). The van der Waals surface area contributed by atoms with Crippen molar-refractivity contribution < 1.29 is 4.79 Å². The van der Waals surface area contributed by atoms with Crippen molar-refractivity contribution in [1.82, 2.24) is 15.2 Å². The summed E-state index contributed by atoms with van der Waals surface area (Å²) < 4.78 is 1.28. The summed E-state index contributed by atoms with van der Waals surface area (Å²) in [7, 11) is 0. The fraction of sp³-hybridized carbons (Fsp3) is 0.0769. The standard InChI is InChI=1S/C26H19ClN4O2/c1-2-31-26(33)21-14-8-7-13-20(21)24(30-31)25(32)29-28-15-22-16-9-3-5-11-18(16)23(27)19-12-6-4-10-17(19)22/h3-15H,2H2,1H3,(H,29,32)/b28-15+. The SMILES string of the molecule is CCn1nc(C(=O)N/N=C/c2c3ccccc3c(Cl)c3ccccc23)c2ccccc2c1=O. The molecule has 0 spiro atoms. The first-order valence-electron chi connectivity index (χ1n) is 10.5. The minimum atomic E-state index is -0.493. The third kappa shape index (κ3) is 3.54. The van der Waals surface area contributed by atoms with Gasteiger partial charge < -0.3 is 0 Å². The number of aromatic nitrogens is 2. The van der Waals surface area contributed by atoms with E-state index < -0.39 is 5.91 Å². The Balaban J connectivity index is 1.57. The van der Waals surface area contributed by atoms with Gasteiger partial charge in [0.15, 0.2) is 5.69 Å². The Morgan fingerprint density at radius 1 is 0.909 bits per heavy atom. The van der Waals surface area contributed by atoms with Gasteiger partial charge in [0.1, 0.15) is 0 Å². The number of nitrogens with zero attached hydrogens (tertiary/aromatic N) is 3. The Hall–Kier alpha value is -4.03. The van der Waals surface area contributed by atoms with Gasteiger partial charge in [-0.2, -0.15) is 10.2 Å². The van der Waals surface area contributed by atoms with Crippen LogP contribution < -0.4 is 11.0 Å². The summed E-state index contributed by atoms with van der Waals surface area (Å²) in [5, 5.41) is 13.8. The van der Waals surface area contributed by atoms with Crippen LogP contribution in [0.1, 0.15) is 23.0 Å². The lowest BCUT2D eigenvalue weighted by Gasteiger charge is -2.11. The topological polar surface area (TPSA) is 76.3 Å². The minimum Gasteiger partial charge on any atom is -0.267 e. The number of amides is 1. The molecule has 162 valence electrons. The third-order valence-corrected chi connectivity index (χ3v) is 6.06. The molecule has 0 aliphatic heterocycles. The molecule has 1 N–H and O–H groups in total. The smallest absolute Gasteiger partial charge is 0.267 e. The van der Waals surface area contributed by atoms with Gasteiger partial charge in [0.25, 0.3) is 11.5 Å². The van der Waals surface area contributed by atoms with Crippen molar-refractivity contribution in [2.45, 2.75) is 13.5 Å². The molecule has 0 atom stereocenters. The van der Waals surface area contributed by atoms with Crippen LogP contribution in [-0.2, 0) is 6.54 Å². The highest BCUT2D eigenvalue weighted by Crippen LogP contribution is 2.35. The maximum absolute atomic E-state index is 13.0. The molecule has 5 aromatic rings. The second-order valence-electron chi connectivity index (χ2n) is 7.53. The molecular formula is C26H19ClN4O2. The number of carbonyl (C=O) groups is 1. The van der Waals surface area contributed by atoms with E-state index in [1.807, 2.05) is 48.5 Å². The fourth-order valence-corrected chi connectivity index (χ4v) is 4.40. The number of carbonyl (C=O) groups excluding carboxylic acids is 1. The zero-order chi connectivity index (χ0) is 22.9. The summed E-state index contributed by atoms with van der Waals surface area (Å²) in [6.45, 7) is 2.16. The van der Waals surface area contributed by atoms with Crippen LogP contribution in [0.4, 0.5) is 0 Å². The maximum atomic E-state index is 13.0. The number of benzene rings is 4. The van der Waals surface area contributed by atoms with E-state index in [9.17, 15) is 9.59 Å². The largest absolute Gasteiger partial charge is 0.292 e. The first-order valence-corrected chi connectivity index (χ1v) is 10.9. The molecular weight excluding hydrogens is 436 g/mol. The van der Waals surface area contributed by atoms with Gasteiger partial charge in [0.2, 0.25) is 0 Å². The zero-order valence-electron chi connectivity index (χ0n) is 17.7. The van der Waals surface area contributed by atoms with Crippen molar-refractivity contribution in [3.05, 3.63) is 99.4 Å². The summed E-state index contributed by atoms with van der Waals surface area (Å²) in [5.74, 6) is -0.493. The Morgan fingerprint density at radius 3 is 2.00 bits per heavy atom. The Morgan fingerprint density at radius 2 is 1.42 bits per heavy atom. The molecule has 6 nitrogen and oxygen atoms in total. The summed E-state index contributed by atoms with van der Waals surface area (Å²) in [4.78, 5) is 25.5. The zero-order valence-corrected chi connectivity index (χ0v) is 18.5. The van der Waals surface area contributed by atoms with E-state index in [0.717, 1.165) is 27.1 Å². The molecule has 0 fully saturated rings. The van der Waals surface area contributed by atoms with E-state index in [0.29, 0.717) is 22.3 Å². The highest BCUT2D eigenvalue weighted by atomic mass is 35.5. The van der Waals surface area contributed by atoms with E-state index >= 15 is 0 Å². The summed E-state index contributed by atoms with van der Waals surface area (Å²) in [5.41, 5.74) is 3.34. The van der Waals surface area contributed by atoms with Crippen molar-refractivity contribution in [2.24, 2.45) is 5.10 Å². The van der Waals surface area contributed by atoms with Crippen molar-refractivity contribution in [1.29, 1.82) is 0 Å². The molecule has 0 saturated heterocycles. The van der Waals surface area contributed by atoms with Gasteiger partial charge in [0.05, 0.1) is 16.6 Å². The van der Waals surface area contributed by atoms with Crippen molar-refractivity contribution >= 4 is 56.0 Å². The molecule has 7 heteroatoms. The van der Waals surface area contributed by atoms with Crippen LogP contribution in [0.2, 0.25) is 5.02 Å². The van der Waals surface area contributed by atoms with Gasteiger partial charge in [0, 0.05) is 28.3 Å². The lowest BCUT2D eigenvalue weighted by Crippen LogP contribution is -2.28. The monoisotopic (exact) mass is 454 g/mol. The van der Waals surface area contributed by atoms with Gasteiger partial charge in [-0.1, -0.05) is 78.3 Å². The highest BCUT2D eigenvalue weighted by molar-refractivity contribution is 6.42. The number of nitrogens with one attached hydrogen (secondary N) is 1. The summed E-state index contributed by atoms with van der Waals surface area (Å²) >= 11 is 6.66. The van der Waals surface area contributed by atoms with Crippen LogP contribution in [-0.4, -0.2) is 21.9 Å². The molecule has 0 unspecified atom stereocenters. The number of halogens is 1. The van der Waals surface area contributed by atoms with Crippen molar-refractivity contribution in [2.75, 3.05) is 0 Å².